The molecule has 2 rings (SSSR count). The number of nitrogens with two attached hydrogens (primary N) is 1. The Morgan fingerprint density at radius 1 is 1.40 bits per heavy atom. The number of hydrogen-bond donors (Lipinski definition) is 1. The summed E-state index contributed by atoms with van der Waals surface area (Å²) in [5.41, 5.74) is 6.11. The van der Waals surface area contributed by atoms with Crippen molar-refractivity contribution in [3.63, 3.8) is 0 Å². The van der Waals surface area contributed by atoms with Crippen molar-refractivity contribution in [1.82, 2.24) is 4.98 Å². The normalized spacial score (nSPS) is 10.7. The van der Waals surface area contributed by atoms with Crippen LogP contribution in [0.1, 0.15) is 17.8 Å². The Hall–Kier alpha value is -1.42. The van der Waals surface area contributed by atoms with Crippen LogP contribution in [0.25, 0.3) is 10.2 Å². The van der Waals surface area contributed by atoms with E-state index in [1.165, 1.54) is 4.70 Å². The molecule has 78 valence electrons. The van der Waals surface area contributed by atoms with Gasteiger partial charge in [-0.05, 0) is 25.0 Å². The van der Waals surface area contributed by atoms with E-state index in [2.05, 4.69) is 11.1 Å². The monoisotopic (exact) mass is 220 g/mol. The largest absolute Gasteiger partial charge is 0.370 e. The second-order valence-electron chi connectivity index (χ2n) is 3.40. The molecule has 0 fully saturated rings. The third-order valence-corrected chi connectivity index (χ3v) is 3.25. The molecule has 0 spiro atoms. The number of carbonyl (C=O) groups excluding carboxylic acids is 1. The highest BCUT2D eigenvalue weighted by molar-refractivity contribution is 7.18. The molecular weight excluding hydrogens is 208 g/mol. The summed E-state index contributed by atoms with van der Waals surface area (Å²) in [5.74, 6) is -0.240. The van der Waals surface area contributed by atoms with Crippen LogP contribution in [0.3, 0.4) is 0 Å². The van der Waals surface area contributed by atoms with Gasteiger partial charge in [0.25, 0.3) is 0 Å². The van der Waals surface area contributed by atoms with E-state index in [0.717, 1.165) is 23.4 Å². The Balaban J connectivity index is 2.05. The third kappa shape index (κ3) is 2.53. The average Bonchev–Trinajstić information content (AvgIpc) is 2.59. The maximum absolute atomic E-state index is 10.6. The Morgan fingerprint density at radius 3 is 2.93 bits per heavy atom. The summed E-state index contributed by atoms with van der Waals surface area (Å²) in [4.78, 5) is 15.0. The number of thiazole rings is 1. The Bertz CT molecular complexity index is 445. The number of primary amides is 1. The highest BCUT2D eigenvalue weighted by Gasteiger charge is 2.03. The minimum absolute atomic E-state index is 0.240. The molecule has 0 saturated carbocycles. The van der Waals surface area contributed by atoms with E-state index < -0.39 is 0 Å². The molecule has 0 bridgehead atoms. The van der Waals surface area contributed by atoms with Crippen LogP contribution >= 0.6 is 11.3 Å². The van der Waals surface area contributed by atoms with Crippen LogP contribution in [0.15, 0.2) is 24.3 Å². The van der Waals surface area contributed by atoms with Crippen LogP contribution in [0.4, 0.5) is 0 Å². The van der Waals surface area contributed by atoms with Crippen LogP contribution < -0.4 is 5.73 Å². The molecule has 4 heteroatoms. The van der Waals surface area contributed by atoms with Gasteiger partial charge >= 0.3 is 0 Å². The first-order valence-corrected chi connectivity index (χ1v) is 5.70. The number of para-hydroxylation sites is 1. The van der Waals surface area contributed by atoms with Crippen molar-refractivity contribution >= 4 is 27.5 Å². The first-order valence-electron chi connectivity index (χ1n) is 4.88. The van der Waals surface area contributed by atoms with Crippen molar-refractivity contribution in [3.05, 3.63) is 29.3 Å². The zero-order valence-corrected chi connectivity index (χ0v) is 9.09. The van der Waals surface area contributed by atoms with Gasteiger partial charge in [0, 0.05) is 6.42 Å². The predicted octanol–water partition coefficient (Wildman–Crippen LogP) is 2.10. The maximum atomic E-state index is 10.6. The summed E-state index contributed by atoms with van der Waals surface area (Å²) in [6.45, 7) is 0. The quantitative estimate of drug-likeness (QED) is 0.857. The van der Waals surface area contributed by atoms with Gasteiger partial charge in [-0.25, -0.2) is 4.98 Å². The highest BCUT2D eigenvalue weighted by Crippen LogP contribution is 2.22. The fourth-order valence-corrected chi connectivity index (χ4v) is 2.45. The molecule has 1 aromatic carbocycles. The van der Waals surface area contributed by atoms with Gasteiger partial charge in [0.05, 0.1) is 15.2 Å². The van der Waals surface area contributed by atoms with Gasteiger partial charge in [0.2, 0.25) is 5.91 Å². The average molecular weight is 220 g/mol. The number of benzene rings is 1. The van der Waals surface area contributed by atoms with E-state index in [-0.39, 0.29) is 5.91 Å². The summed E-state index contributed by atoms with van der Waals surface area (Å²) in [6, 6.07) is 8.05. The number of nitrogens with zero attached hydrogens (tertiary/aromatic N) is 1. The minimum atomic E-state index is -0.240. The second-order valence-corrected chi connectivity index (χ2v) is 4.51. The summed E-state index contributed by atoms with van der Waals surface area (Å²) >= 11 is 1.69. The Labute approximate surface area is 91.9 Å². The smallest absolute Gasteiger partial charge is 0.217 e. The number of rotatable bonds is 4. The topological polar surface area (TPSA) is 56.0 Å². The molecule has 1 amide bonds. The van der Waals surface area contributed by atoms with E-state index in [1.807, 2.05) is 18.2 Å². The number of amides is 1. The first kappa shape index (κ1) is 10.1. The lowest BCUT2D eigenvalue weighted by Gasteiger charge is -1.92. The van der Waals surface area contributed by atoms with E-state index in [0.29, 0.717) is 6.42 Å². The van der Waals surface area contributed by atoms with Crippen LogP contribution in [-0.4, -0.2) is 10.9 Å². The second kappa shape index (κ2) is 4.40. The molecular formula is C11H12N2OS. The highest BCUT2D eigenvalue weighted by atomic mass is 32.1. The van der Waals surface area contributed by atoms with E-state index in [4.69, 9.17) is 5.73 Å². The van der Waals surface area contributed by atoms with Crippen LogP contribution in [0.5, 0.6) is 0 Å². The van der Waals surface area contributed by atoms with Gasteiger partial charge in [-0.15, -0.1) is 11.3 Å². The van der Waals surface area contributed by atoms with Gasteiger partial charge in [0.1, 0.15) is 0 Å². The van der Waals surface area contributed by atoms with Crippen LogP contribution in [-0.2, 0) is 11.2 Å². The molecule has 0 unspecified atom stereocenters. The van der Waals surface area contributed by atoms with Crippen molar-refractivity contribution in [2.24, 2.45) is 5.73 Å². The molecule has 2 aromatic rings. The predicted molar refractivity (Wildman–Crippen MR) is 61.8 cm³/mol. The fraction of sp³-hybridized carbons (Fsp3) is 0.273. The zero-order chi connectivity index (χ0) is 10.7. The van der Waals surface area contributed by atoms with Gasteiger partial charge in [-0.2, -0.15) is 0 Å². The Morgan fingerprint density at radius 2 is 2.20 bits per heavy atom. The maximum Gasteiger partial charge on any atom is 0.217 e. The molecule has 0 saturated heterocycles. The third-order valence-electron chi connectivity index (χ3n) is 2.15. The molecule has 0 radical (unpaired) electrons. The van der Waals surface area contributed by atoms with Crippen LogP contribution in [0.2, 0.25) is 0 Å². The minimum Gasteiger partial charge on any atom is -0.370 e. The number of carbonyl (C=O) groups is 1. The molecule has 2 N–H and O–H groups in total. The number of hydrogen-bond acceptors (Lipinski definition) is 3. The van der Waals surface area contributed by atoms with Crippen molar-refractivity contribution in [1.29, 1.82) is 0 Å². The molecule has 0 atom stereocenters. The lowest BCUT2D eigenvalue weighted by atomic mass is 10.2. The van der Waals surface area contributed by atoms with Gasteiger partial charge in [-0.3, -0.25) is 4.79 Å². The molecule has 3 nitrogen and oxygen atoms in total. The lowest BCUT2D eigenvalue weighted by Crippen LogP contribution is -2.10. The Kier molecular flexibility index (Phi) is 2.97. The summed E-state index contributed by atoms with van der Waals surface area (Å²) in [7, 11) is 0. The van der Waals surface area contributed by atoms with Crippen molar-refractivity contribution in [2.45, 2.75) is 19.3 Å². The number of aromatic nitrogens is 1. The summed E-state index contributed by atoms with van der Waals surface area (Å²) in [5, 5.41) is 1.08. The SMILES string of the molecule is NC(=O)CCCc1nc2ccccc2s1. The number of aryl methyl sites for hydroxylation is 1. The molecule has 0 aliphatic rings. The van der Waals surface area contributed by atoms with Crippen molar-refractivity contribution in [2.75, 3.05) is 0 Å². The van der Waals surface area contributed by atoms with Crippen molar-refractivity contribution in [3.8, 4) is 0 Å². The number of fused-ring (bicyclic) bond motifs is 1. The molecule has 0 aliphatic carbocycles. The molecule has 1 aromatic heterocycles. The zero-order valence-electron chi connectivity index (χ0n) is 8.27. The van der Waals surface area contributed by atoms with Crippen LogP contribution in [0, 0.1) is 0 Å². The van der Waals surface area contributed by atoms with E-state index in [9.17, 15) is 4.79 Å². The van der Waals surface area contributed by atoms with E-state index in [1.54, 1.807) is 11.3 Å². The fourth-order valence-electron chi connectivity index (χ4n) is 1.44. The van der Waals surface area contributed by atoms with Gasteiger partial charge in [-0.1, -0.05) is 12.1 Å². The van der Waals surface area contributed by atoms with Gasteiger partial charge < -0.3 is 5.73 Å². The van der Waals surface area contributed by atoms with E-state index >= 15 is 0 Å². The van der Waals surface area contributed by atoms with Gasteiger partial charge in [0.15, 0.2) is 0 Å². The lowest BCUT2D eigenvalue weighted by molar-refractivity contribution is -0.118. The standard InChI is InChI=1S/C11H12N2OS/c12-10(14)6-3-7-11-13-8-4-1-2-5-9(8)15-11/h1-2,4-5H,3,6-7H2,(H2,12,14). The molecule has 0 aliphatic heterocycles. The molecule has 1 heterocycles. The summed E-state index contributed by atoms with van der Waals surface area (Å²) < 4.78 is 1.20. The molecule has 15 heavy (non-hydrogen) atoms. The summed E-state index contributed by atoms with van der Waals surface area (Å²) in [6.07, 6.45) is 2.06. The first-order chi connectivity index (χ1) is 7.25. The van der Waals surface area contributed by atoms with Crippen molar-refractivity contribution < 1.29 is 4.79 Å².